The van der Waals surface area contributed by atoms with Crippen molar-refractivity contribution in [3.63, 3.8) is 0 Å². The van der Waals surface area contributed by atoms with Gasteiger partial charge in [-0.25, -0.2) is 17.1 Å². The molecular formula is C21H19FN4O4S. The summed E-state index contributed by atoms with van der Waals surface area (Å²) in [7, 11) is -0.825. The van der Waals surface area contributed by atoms with Gasteiger partial charge in [-0.1, -0.05) is 6.07 Å². The minimum Gasteiger partial charge on any atom is -0.320 e. The first-order valence-electron chi connectivity index (χ1n) is 9.04. The van der Waals surface area contributed by atoms with Crippen LogP contribution in [0.2, 0.25) is 0 Å². The van der Waals surface area contributed by atoms with Crippen LogP contribution in [-0.4, -0.2) is 43.6 Å². The van der Waals surface area contributed by atoms with Gasteiger partial charge in [0.1, 0.15) is 11.5 Å². The van der Waals surface area contributed by atoms with Crippen molar-refractivity contribution in [3.8, 4) is 0 Å². The van der Waals surface area contributed by atoms with Crippen molar-refractivity contribution in [1.82, 2.24) is 9.29 Å². The van der Waals surface area contributed by atoms with Crippen LogP contribution in [0.5, 0.6) is 0 Å². The lowest BCUT2D eigenvalue weighted by Gasteiger charge is -2.13. The molecule has 0 aliphatic rings. The number of nitrogens with one attached hydrogen (secondary N) is 2. The van der Waals surface area contributed by atoms with E-state index in [1.54, 1.807) is 12.1 Å². The molecule has 0 fully saturated rings. The third-order valence-electron chi connectivity index (χ3n) is 4.27. The van der Waals surface area contributed by atoms with E-state index in [0.29, 0.717) is 0 Å². The van der Waals surface area contributed by atoms with Crippen molar-refractivity contribution < 1.29 is 22.4 Å². The maximum absolute atomic E-state index is 13.8. The third kappa shape index (κ3) is 5.11. The number of carbonyl (C=O) groups excluding carboxylic acids is 2. The first kappa shape index (κ1) is 22.1. The second-order valence-corrected chi connectivity index (χ2v) is 8.78. The highest BCUT2D eigenvalue weighted by molar-refractivity contribution is 7.89. The highest BCUT2D eigenvalue weighted by Gasteiger charge is 2.18. The lowest BCUT2D eigenvalue weighted by molar-refractivity contribution is 0.101. The van der Waals surface area contributed by atoms with Gasteiger partial charge in [-0.2, -0.15) is 0 Å². The summed E-state index contributed by atoms with van der Waals surface area (Å²) in [5.41, 5.74) is 0.530. The molecule has 3 aromatic rings. The smallest absolute Gasteiger partial charge is 0.274 e. The van der Waals surface area contributed by atoms with Gasteiger partial charge in [0.15, 0.2) is 0 Å². The van der Waals surface area contributed by atoms with Gasteiger partial charge in [-0.3, -0.25) is 14.6 Å². The first-order valence-corrected chi connectivity index (χ1v) is 10.5. The highest BCUT2D eigenvalue weighted by Crippen LogP contribution is 2.24. The normalized spacial score (nSPS) is 11.2. The van der Waals surface area contributed by atoms with E-state index < -0.39 is 27.7 Å². The SMILES string of the molecule is CN(C)S(=O)(=O)c1ccc(C(=O)Nc2cc(F)ccc2NC(=O)c2ccccn2)cc1. The van der Waals surface area contributed by atoms with Gasteiger partial charge in [0, 0.05) is 25.9 Å². The molecule has 0 spiro atoms. The number of carbonyl (C=O) groups is 2. The number of nitrogens with zero attached hydrogens (tertiary/aromatic N) is 2. The molecule has 2 aromatic carbocycles. The van der Waals surface area contributed by atoms with Crippen molar-refractivity contribution in [3.05, 3.63) is 83.9 Å². The zero-order valence-corrected chi connectivity index (χ0v) is 17.5. The predicted octanol–water partition coefficient (Wildman–Crippen LogP) is 2.98. The van der Waals surface area contributed by atoms with Crippen LogP contribution in [0.25, 0.3) is 0 Å². The molecule has 0 saturated heterocycles. The third-order valence-corrected chi connectivity index (χ3v) is 6.10. The summed E-state index contributed by atoms with van der Waals surface area (Å²) in [5.74, 6) is -1.74. The number of hydrogen-bond donors (Lipinski definition) is 2. The maximum atomic E-state index is 13.8. The first-order chi connectivity index (χ1) is 14.7. The van der Waals surface area contributed by atoms with Gasteiger partial charge in [-0.05, 0) is 54.6 Å². The minimum absolute atomic E-state index is 0.0307. The number of benzene rings is 2. The Kier molecular flexibility index (Phi) is 6.42. The van der Waals surface area contributed by atoms with E-state index in [1.165, 1.54) is 56.7 Å². The summed E-state index contributed by atoms with van der Waals surface area (Å²) in [4.78, 5) is 28.9. The molecule has 0 radical (unpaired) electrons. The van der Waals surface area contributed by atoms with Crippen LogP contribution in [0.3, 0.4) is 0 Å². The molecule has 160 valence electrons. The van der Waals surface area contributed by atoms with Crippen LogP contribution in [0.4, 0.5) is 15.8 Å². The lowest BCUT2D eigenvalue weighted by atomic mass is 10.2. The molecule has 0 saturated carbocycles. The number of anilines is 2. The van der Waals surface area contributed by atoms with E-state index in [-0.39, 0.29) is 27.5 Å². The fourth-order valence-electron chi connectivity index (χ4n) is 2.60. The van der Waals surface area contributed by atoms with E-state index in [9.17, 15) is 22.4 Å². The van der Waals surface area contributed by atoms with E-state index in [0.717, 1.165) is 16.4 Å². The number of hydrogen-bond acceptors (Lipinski definition) is 5. The van der Waals surface area contributed by atoms with Crippen LogP contribution >= 0.6 is 0 Å². The number of pyridine rings is 1. The Morgan fingerprint density at radius 1 is 0.903 bits per heavy atom. The van der Waals surface area contributed by atoms with Crippen molar-refractivity contribution in [2.75, 3.05) is 24.7 Å². The number of rotatable bonds is 6. The summed E-state index contributed by atoms with van der Waals surface area (Å²) >= 11 is 0. The van der Waals surface area contributed by atoms with E-state index in [2.05, 4.69) is 15.6 Å². The van der Waals surface area contributed by atoms with Crippen molar-refractivity contribution in [1.29, 1.82) is 0 Å². The van der Waals surface area contributed by atoms with Crippen LogP contribution in [0, 0.1) is 5.82 Å². The molecule has 0 aliphatic carbocycles. The molecule has 2 amide bonds. The van der Waals surface area contributed by atoms with E-state index in [4.69, 9.17) is 0 Å². The zero-order valence-electron chi connectivity index (χ0n) is 16.7. The van der Waals surface area contributed by atoms with Crippen molar-refractivity contribution in [2.45, 2.75) is 4.90 Å². The second-order valence-electron chi connectivity index (χ2n) is 6.62. The van der Waals surface area contributed by atoms with Crippen LogP contribution in [0.15, 0.2) is 71.8 Å². The Morgan fingerprint density at radius 2 is 1.58 bits per heavy atom. The van der Waals surface area contributed by atoms with Crippen molar-refractivity contribution in [2.24, 2.45) is 0 Å². The number of sulfonamides is 1. The van der Waals surface area contributed by atoms with E-state index >= 15 is 0 Å². The molecular weight excluding hydrogens is 423 g/mol. The molecule has 2 N–H and O–H groups in total. The van der Waals surface area contributed by atoms with Gasteiger partial charge < -0.3 is 10.6 Å². The lowest BCUT2D eigenvalue weighted by Crippen LogP contribution is -2.22. The molecule has 1 heterocycles. The van der Waals surface area contributed by atoms with Gasteiger partial charge in [0.2, 0.25) is 10.0 Å². The summed E-state index contributed by atoms with van der Waals surface area (Å²) < 4.78 is 39.1. The predicted molar refractivity (Wildman–Crippen MR) is 114 cm³/mol. The minimum atomic E-state index is -3.63. The quantitative estimate of drug-likeness (QED) is 0.610. The Morgan fingerprint density at radius 3 is 2.19 bits per heavy atom. The second kappa shape index (κ2) is 9.02. The molecule has 1 aromatic heterocycles. The zero-order chi connectivity index (χ0) is 22.6. The Bertz CT molecular complexity index is 1210. The van der Waals surface area contributed by atoms with Crippen molar-refractivity contribution >= 4 is 33.2 Å². The van der Waals surface area contributed by atoms with Gasteiger partial charge >= 0.3 is 0 Å². The fraction of sp³-hybridized carbons (Fsp3) is 0.0952. The van der Waals surface area contributed by atoms with E-state index in [1.807, 2.05) is 0 Å². The summed E-state index contributed by atoms with van der Waals surface area (Å²) in [5, 5.41) is 5.12. The molecule has 0 atom stereocenters. The summed E-state index contributed by atoms with van der Waals surface area (Å²) in [6.45, 7) is 0. The molecule has 0 unspecified atom stereocenters. The largest absolute Gasteiger partial charge is 0.320 e. The molecule has 0 aliphatic heterocycles. The summed E-state index contributed by atoms with van der Waals surface area (Å²) in [6.07, 6.45) is 1.46. The Balaban J connectivity index is 1.81. The number of halogens is 1. The Labute approximate surface area is 178 Å². The average molecular weight is 442 g/mol. The topological polar surface area (TPSA) is 108 Å². The molecule has 3 rings (SSSR count). The molecule has 10 heteroatoms. The molecule has 31 heavy (non-hydrogen) atoms. The Hall–Kier alpha value is -3.63. The summed E-state index contributed by atoms with van der Waals surface area (Å²) in [6, 6.07) is 13.7. The highest BCUT2D eigenvalue weighted by atomic mass is 32.2. The maximum Gasteiger partial charge on any atom is 0.274 e. The fourth-order valence-corrected chi connectivity index (χ4v) is 3.50. The number of aromatic nitrogens is 1. The van der Waals surface area contributed by atoms with Crippen LogP contribution in [-0.2, 0) is 10.0 Å². The molecule has 0 bridgehead atoms. The monoisotopic (exact) mass is 442 g/mol. The van der Waals surface area contributed by atoms with Gasteiger partial charge in [-0.15, -0.1) is 0 Å². The number of amides is 2. The van der Waals surface area contributed by atoms with Gasteiger partial charge in [0.05, 0.1) is 16.3 Å². The molecule has 8 nitrogen and oxygen atoms in total. The van der Waals surface area contributed by atoms with Crippen LogP contribution in [0.1, 0.15) is 20.8 Å². The van der Waals surface area contributed by atoms with Crippen LogP contribution < -0.4 is 10.6 Å². The average Bonchev–Trinajstić information content (AvgIpc) is 2.76. The standard InChI is InChI=1S/C21H19FN4O4S/c1-26(2)31(29,30)16-9-6-14(7-10-16)20(27)25-19-13-15(22)8-11-17(19)24-21(28)18-5-3-4-12-23-18/h3-13H,1-2H3,(H,24,28)(H,25,27). The van der Waals surface area contributed by atoms with Gasteiger partial charge in [0.25, 0.3) is 11.8 Å².